The van der Waals surface area contributed by atoms with Gasteiger partial charge in [-0.3, -0.25) is 4.79 Å². The van der Waals surface area contributed by atoms with Crippen LogP contribution in [0.4, 0.5) is 0 Å². The number of hydrogen-bond acceptors (Lipinski definition) is 3. The average Bonchev–Trinajstić information content (AvgIpc) is 2.91. The molecule has 0 aliphatic heterocycles. The molecule has 24 heavy (non-hydrogen) atoms. The maximum atomic E-state index is 12.9. The first kappa shape index (κ1) is 16.0. The summed E-state index contributed by atoms with van der Waals surface area (Å²) in [4.78, 5) is 16.0. The Bertz CT molecular complexity index is 1030. The molecule has 0 aliphatic rings. The van der Waals surface area contributed by atoms with Crippen LogP contribution in [0, 0.1) is 18.3 Å². The molecule has 0 aliphatic carbocycles. The fourth-order valence-corrected chi connectivity index (χ4v) is 3.03. The molecule has 2 N–H and O–H groups in total. The van der Waals surface area contributed by atoms with E-state index < -0.39 is 0 Å². The Morgan fingerprint density at radius 1 is 1.29 bits per heavy atom. The zero-order valence-corrected chi connectivity index (χ0v) is 14.4. The molecule has 0 bridgehead atoms. The molecule has 1 aromatic heterocycles. The molecule has 0 unspecified atom stereocenters. The third-order valence-corrected chi connectivity index (χ3v) is 4.40. The Hall–Kier alpha value is -2.84. The van der Waals surface area contributed by atoms with Crippen LogP contribution in [0.5, 0.6) is 5.75 Å². The average molecular weight is 381 g/mol. The largest absolute Gasteiger partial charge is 0.507 e. The molecule has 0 atom stereocenters. The lowest BCUT2D eigenvalue weighted by Gasteiger charge is -2.02. The first-order valence-corrected chi connectivity index (χ1v) is 8.03. The Morgan fingerprint density at radius 3 is 2.75 bits per heavy atom. The number of ketones is 1. The third-order valence-electron chi connectivity index (χ3n) is 3.77. The Morgan fingerprint density at radius 2 is 2.04 bits per heavy atom. The van der Waals surface area contributed by atoms with Crippen LogP contribution in [0.3, 0.4) is 0 Å². The minimum Gasteiger partial charge on any atom is -0.507 e. The minimum absolute atomic E-state index is 0.0421. The van der Waals surface area contributed by atoms with Crippen molar-refractivity contribution in [3.05, 3.63) is 69.3 Å². The van der Waals surface area contributed by atoms with E-state index in [2.05, 4.69) is 20.9 Å². The summed E-state index contributed by atoms with van der Waals surface area (Å²) in [6.07, 6.45) is 1.52. The number of Topliss-reactive ketones (excluding diaryl/α,β-unsaturated/α-hetero) is 1. The number of benzene rings is 2. The van der Waals surface area contributed by atoms with Gasteiger partial charge in [-0.2, -0.15) is 5.26 Å². The number of carbonyl (C=O) groups excluding carboxylic acids is 1. The highest BCUT2D eigenvalue weighted by atomic mass is 79.9. The summed E-state index contributed by atoms with van der Waals surface area (Å²) < 4.78 is 0.504. The zero-order valence-electron chi connectivity index (χ0n) is 12.8. The number of aromatic amines is 1. The molecule has 0 radical (unpaired) electrons. The van der Waals surface area contributed by atoms with E-state index in [0.29, 0.717) is 15.6 Å². The van der Waals surface area contributed by atoms with Crippen LogP contribution in [0.25, 0.3) is 17.0 Å². The van der Waals surface area contributed by atoms with Crippen LogP contribution in [0.1, 0.15) is 21.6 Å². The number of nitrogens with one attached hydrogen (secondary N) is 1. The summed E-state index contributed by atoms with van der Waals surface area (Å²) in [5.74, 6) is -0.221. The lowest BCUT2D eigenvalue weighted by Crippen LogP contribution is -2.03. The number of H-pyrrole nitrogens is 1. The van der Waals surface area contributed by atoms with Gasteiger partial charge in [-0.25, -0.2) is 0 Å². The van der Waals surface area contributed by atoms with Crippen molar-refractivity contribution < 1.29 is 9.90 Å². The zero-order chi connectivity index (χ0) is 17.3. The van der Waals surface area contributed by atoms with Crippen molar-refractivity contribution in [1.82, 2.24) is 4.98 Å². The van der Waals surface area contributed by atoms with Crippen LogP contribution in [0.2, 0.25) is 0 Å². The molecule has 0 spiro atoms. The van der Waals surface area contributed by atoms with Gasteiger partial charge in [0, 0.05) is 16.6 Å². The SMILES string of the molecule is Cc1[nH]c2ccccc2c1C(=O)/C(C#N)=C/c1ccc(O)c(Br)c1. The highest BCUT2D eigenvalue weighted by Crippen LogP contribution is 2.27. The quantitative estimate of drug-likeness (QED) is 0.391. The van der Waals surface area contributed by atoms with Crippen molar-refractivity contribution in [3.8, 4) is 11.8 Å². The number of para-hydroxylation sites is 1. The molecule has 0 saturated heterocycles. The van der Waals surface area contributed by atoms with Gasteiger partial charge in [-0.05, 0) is 52.7 Å². The number of fused-ring (bicyclic) bond motifs is 1. The minimum atomic E-state index is -0.323. The number of phenolic OH excluding ortho intramolecular Hbond substituents is 1. The van der Waals surface area contributed by atoms with Gasteiger partial charge in [-0.15, -0.1) is 0 Å². The Balaban J connectivity index is 2.09. The number of nitrogens with zero attached hydrogens (tertiary/aromatic N) is 1. The summed E-state index contributed by atoms with van der Waals surface area (Å²) in [5, 5.41) is 19.8. The van der Waals surface area contributed by atoms with Crippen LogP contribution >= 0.6 is 15.9 Å². The van der Waals surface area contributed by atoms with Crippen molar-refractivity contribution in [3.63, 3.8) is 0 Å². The number of carbonyl (C=O) groups is 1. The van der Waals surface area contributed by atoms with E-state index >= 15 is 0 Å². The molecule has 0 fully saturated rings. The molecule has 4 nitrogen and oxygen atoms in total. The smallest absolute Gasteiger partial charge is 0.205 e. The topological polar surface area (TPSA) is 76.9 Å². The number of hydrogen-bond donors (Lipinski definition) is 2. The predicted molar refractivity (Wildman–Crippen MR) is 96.8 cm³/mol. The first-order valence-electron chi connectivity index (χ1n) is 7.23. The predicted octanol–water partition coefficient (Wildman–Crippen LogP) is 4.73. The number of rotatable bonds is 3. The number of phenols is 1. The van der Waals surface area contributed by atoms with Gasteiger partial charge >= 0.3 is 0 Å². The number of halogens is 1. The van der Waals surface area contributed by atoms with E-state index in [4.69, 9.17) is 0 Å². The van der Waals surface area contributed by atoms with Gasteiger partial charge in [0.25, 0.3) is 0 Å². The maximum Gasteiger partial charge on any atom is 0.205 e. The van der Waals surface area contributed by atoms with E-state index in [1.54, 1.807) is 12.1 Å². The van der Waals surface area contributed by atoms with Gasteiger partial charge in [-0.1, -0.05) is 24.3 Å². The molecule has 2 aromatic carbocycles. The summed E-state index contributed by atoms with van der Waals surface area (Å²) in [7, 11) is 0. The molecular formula is C19H13BrN2O2. The van der Waals surface area contributed by atoms with E-state index in [0.717, 1.165) is 16.6 Å². The van der Waals surface area contributed by atoms with Crippen LogP contribution in [0.15, 0.2) is 52.5 Å². The molecule has 5 heteroatoms. The van der Waals surface area contributed by atoms with Crippen LogP contribution < -0.4 is 0 Å². The van der Waals surface area contributed by atoms with Crippen molar-refractivity contribution >= 4 is 38.7 Å². The number of allylic oxidation sites excluding steroid dienone is 1. The maximum absolute atomic E-state index is 12.9. The van der Waals surface area contributed by atoms with Crippen molar-refractivity contribution in [2.24, 2.45) is 0 Å². The number of aromatic nitrogens is 1. The summed E-state index contributed by atoms with van der Waals surface area (Å²) in [5.41, 5.74) is 2.80. The molecule has 3 rings (SSSR count). The lowest BCUT2D eigenvalue weighted by molar-refractivity contribution is 0.104. The van der Waals surface area contributed by atoms with Gasteiger partial charge in [0.1, 0.15) is 17.4 Å². The molecule has 118 valence electrons. The summed E-state index contributed by atoms with van der Waals surface area (Å²) >= 11 is 3.23. The first-order chi connectivity index (χ1) is 11.5. The number of nitriles is 1. The van der Waals surface area contributed by atoms with Gasteiger partial charge in [0.05, 0.1) is 10.0 Å². The Kier molecular flexibility index (Phi) is 4.24. The van der Waals surface area contributed by atoms with Crippen LogP contribution in [-0.2, 0) is 0 Å². The van der Waals surface area contributed by atoms with Crippen molar-refractivity contribution in [2.45, 2.75) is 6.92 Å². The molecule has 1 heterocycles. The van der Waals surface area contributed by atoms with E-state index in [1.807, 2.05) is 37.3 Å². The van der Waals surface area contributed by atoms with Gasteiger partial charge in [0.15, 0.2) is 0 Å². The van der Waals surface area contributed by atoms with Crippen molar-refractivity contribution in [2.75, 3.05) is 0 Å². The fraction of sp³-hybridized carbons (Fsp3) is 0.0526. The second kappa shape index (κ2) is 6.34. The number of aromatic hydroxyl groups is 1. The second-order valence-corrected chi connectivity index (χ2v) is 6.23. The van der Waals surface area contributed by atoms with E-state index in [-0.39, 0.29) is 17.1 Å². The monoisotopic (exact) mass is 380 g/mol. The highest BCUT2D eigenvalue weighted by Gasteiger charge is 2.19. The molecule has 3 aromatic rings. The van der Waals surface area contributed by atoms with E-state index in [9.17, 15) is 15.2 Å². The van der Waals surface area contributed by atoms with Crippen molar-refractivity contribution in [1.29, 1.82) is 5.26 Å². The van der Waals surface area contributed by atoms with Gasteiger partial charge in [0.2, 0.25) is 5.78 Å². The molecule has 0 saturated carbocycles. The van der Waals surface area contributed by atoms with Gasteiger partial charge < -0.3 is 10.1 Å². The fourth-order valence-electron chi connectivity index (χ4n) is 2.63. The Labute approximate surface area is 147 Å². The third kappa shape index (κ3) is 2.84. The standard InChI is InChI=1S/C19H13BrN2O2/c1-11-18(14-4-2-3-5-16(14)22-11)19(24)13(10-21)8-12-6-7-17(23)15(20)9-12/h2-9,22-23H,1H3/b13-8+. The number of aryl methyl sites for hydroxylation is 1. The molecule has 0 amide bonds. The van der Waals surface area contributed by atoms with Crippen LogP contribution in [-0.4, -0.2) is 15.9 Å². The second-order valence-electron chi connectivity index (χ2n) is 5.38. The summed E-state index contributed by atoms with van der Waals surface area (Å²) in [6, 6.07) is 14.3. The van der Waals surface area contributed by atoms with E-state index in [1.165, 1.54) is 12.1 Å². The lowest BCUT2D eigenvalue weighted by atomic mass is 9.99. The summed E-state index contributed by atoms with van der Waals surface area (Å²) in [6.45, 7) is 1.82. The normalized spacial score (nSPS) is 11.5. The molecular weight excluding hydrogens is 368 g/mol. The highest BCUT2D eigenvalue weighted by molar-refractivity contribution is 9.10.